The average molecular weight is 295 g/mol. The summed E-state index contributed by atoms with van der Waals surface area (Å²) in [6.45, 7) is 0.958. The van der Waals surface area contributed by atoms with Gasteiger partial charge in [0.05, 0.1) is 6.04 Å². The third-order valence-electron chi connectivity index (χ3n) is 4.99. The molecule has 1 heteroatoms. The van der Waals surface area contributed by atoms with E-state index in [1.54, 1.807) is 0 Å². The van der Waals surface area contributed by atoms with Gasteiger partial charge in [-0.3, -0.25) is 0 Å². The van der Waals surface area contributed by atoms with Crippen LogP contribution in [0.5, 0.6) is 0 Å². The zero-order valence-electron chi connectivity index (χ0n) is 12.8. The summed E-state index contributed by atoms with van der Waals surface area (Å²) >= 11 is 0. The van der Waals surface area contributed by atoms with Crippen molar-refractivity contribution in [1.29, 1.82) is 0 Å². The van der Waals surface area contributed by atoms with Crippen LogP contribution in [0.2, 0.25) is 0 Å². The maximum atomic E-state index is 2.47. The van der Waals surface area contributed by atoms with Crippen LogP contribution in [0, 0.1) is 0 Å². The molecule has 0 radical (unpaired) electrons. The van der Waals surface area contributed by atoms with Crippen molar-refractivity contribution in [3.63, 3.8) is 0 Å². The minimum absolute atomic E-state index is 0.312. The van der Waals surface area contributed by atoms with E-state index >= 15 is 0 Å². The maximum absolute atomic E-state index is 2.47. The van der Waals surface area contributed by atoms with Crippen LogP contribution in [0.25, 0.3) is 17.2 Å². The normalized spacial score (nSPS) is 15.2. The van der Waals surface area contributed by atoms with Crippen LogP contribution in [0.3, 0.4) is 0 Å². The fraction of sp³-hybridized carbons (Fsp3) is 0.0909. The second-order valence-corrected chi connectivity index (χ2v) is 6.26. The van der Waals surface area contributed by atoms with Crippen LogP contribution in [0.1, 0.15) is 28.3 Å². The van der Waals surface area contributed by atoms with Crippen LogP contribution < -0.4 is 0 Å². The fourth-order valence-electron chi connectivity index (χ4n) is 3.93. The Morgan fingerprint density at radius 1 is 0.696 bits per heavy atom. The highest BCUT2D eigenvalue weighted by Gasteiger charge is 2.32. The van der Waals surface area contributed by atoms with E-state index in [9.17, 15) is 0 Å². The Morgan fingerprint density at radius 3 is 2.04 bits per heavy atom. The van der Waals surface area contributed by atoms with Crippen LogP contribution in [-0.4, -0.2) is 4.90 Å². The molecule has 0 unspecified atom stereocenters. The lowest BCUT2D eigenvalue weighted by Gasteiger charge is -2.32. The Morgan fingerprint density at radius 2 is 1.30 bits per heavy atom. The second kappa shape index (κ2) is 4.85. The summed E-state index contributed by atoms with van der Waals surface area (Å²) in [4.78, 5) is 2.47. The van der Waals surface area contributed by atoms with Gasteiger partial charge in [-0.05, 0) is 39.5 Å². The molecule has 0 fully saturated rings. The lowest BCUT2D eigenvalue weighted by Crippen LogP contribution is -2.25. The molecule has 1 aliphatic carbocycles. The fourth-order valence-corrected chi connectivity index (χ4v) is 3.93. The minimum Gasteiger partial charge on any atom is -0.362 e. The average Bonchev–Trinajstić information content (AvgIpc) is 2.96. The molecule has 0 atom stereocenters. The molecule has 1 heterocycles. The van der Waals surface area contributed by atoms with Crippen molar-refractivity contribution in [2.75, 3.05) is 0 Å². The van der Waals surface area contributed by atoms with Crippen LogP contribution in [0.15, 0.2) is 79.0 Å². The van der Waals surface area contributed by atoms with E-state index < -0.39 is 0 Å². The van der Waals surface area contributed by atoms with Crippen molar-refractivity contribution in [2.45, 2.75) is 12.6 Å². The van der Waals surface area contributed by atoms with Gasteiger partial charge in [0.2, 0.25) is 0 Å². The van der Waals surface area contributed by atoms with Crippen molar-refractivity contribution in [3.05, 3.63) is 101 Å². The summed E-state index contributed by atoms with van der Waals surface area (Å²) in [5, 5.41) is 0. The minimum atomic E-state index is 0.312. The first kappa shape index (κ1) is 12.7. The molecule has 3 aromatic rings. The van der Waals surface area contributed by atoms with E-state index in [0.717, 1.165) is 6.54 Å². The summed E-state index contributed by atoms with van der Waals surface area (Å²) in [5.74, 6) is 0. The third-order valence-corrected chi connectivity index (χ3v) is 4.99. The largest absolute Gasteiger partial charge is 0.362 e. The highest BCUT2D eigenvalue weighted by molar-refractivity contribution is 5.78. The highest BCUT2D eigenvalue weighted by atomic mass is 15.1. The van der Waals surface area contributed by atoms with Gasteiger partial charge in [-0.25, -0.2) is 0 Å². The van der Waals surface area contributed by atoms with Gasteiger partial charge in [-0.1, -0.05) is 72.8 Å². The number of nitrogens with zero attached hydrogens (tertiary/aromatic N) is 1. The Bertz CT molecular complexity index is 877. The molecule has 0 amide bonds. The second-order valence-electron chi connectivity index (χ2n) is 6.26. The van der Waals surface area contributed by atoms with Crippen molar-refractivity contribution in [2.24, 2.45) is 0 Å². The number of fused-ring (bicyclic) bond motifs is 4. The van der Waals surface area contributed by atoms with Gasteiger partial charge in [-0.15, -0.1) is 0 Å². The third kappa shape index (κ3) is 1.86. The molecule has 110 valence electrons. The van der Waals surface area contributed by atoms with E-state index in [1.807, 2.05) is 0 Å². The van der Waals surface area contributed by atoms with Crippen molar-refractivity contribution in [1.82, 2.24) is 4.90 Å². The van der Waals surface area contributed by atoms with Gasteiger partial charge < -0.3 is 4.90 Å². The molecule has 0 N–H and O–H groups in total. The van der Waals surface area contributed by atoms with Crippen molar-refractivity contribution < 1.29 is 0 Å². The maximum Gasteiger partial charge on any atom is 0.0806 e. The van der Waals surface area contributed by atoms with E-state index in [1.165, 1.54) is 33.4 Å². The predicted molar refractivity (Wildman–Crippen MR) is 94.7 cm³/mol. The molecule has 23 heavy (non-hydrogen) atoms. The van der Waals surface area contributed by atoms with E-state index in [2.05, 4.69) is 90.0 Å². The van der Waals surface area contributed by atoms with Gasteiger partial charge in [0, 0.05) is 12.7 Å². The summed E-state index contributed by atoms with van der Waals surface area (Å²) < 4.78 is 0. The lowest BCUT2D eigenvalue weighted by molar-refractivity contribution is 0.312. The van der Waals surface area contributed by atoms with Gasteiger partial charge in [-0.2, -0.15) is 0 Å². The van der Waals surface area contributed by atoms with Crippen LogP contribution in [-0.2, 0) is 6.54 Å². The summed E-state index contributed by atoms with van der Waals surface area (Å²) in [7, 11) is 0. The van der Waals surface area contributed by atoms with E-state index in [0.29, 0.717) is 6.04 Å². The number of benzene rings is 3. The van der Waals surface area contributed by atoms with Crippen molar-refractivity contribution >= 4 is 6.08 Å². The quantitative estimate of drug-likeness (QED) is 0.593. The molecular formula is C22H17N. The summed E-state index contributed by atoms with van der Waals surface area (Å²) in [5.41, 5.74) is 8.32. The monoisotopic (exact) mass is 295 g/mol. The first-order chi connectivity index (χ1) is 11.4. The first-order valence-corrected chi connectivity index (χ1v) is 8.12. The molecule has 2 aliphatic rings. The summed E-state index contributed by atoms with van der Waals surface area (Å²) in [6.07, 6.45) is 4.49. The zero-order chi connectivity index (χ0) is 15.2. The smallest absolute Gasteiger partial charge is 0.0806 e. The molecule has 1 aliphatic heterocycles. The Hall–Kier alpha value is -2.80. The molecule has 0 bridgehead atoms. The van der Waals surface area contributed by atoms with Crippen molar-refractivity contribution in [3.8, 4) is 11.1 Å². The van der Waals surface area contributed by atoms with Gasteiger partial charge in [0.1, 0.15) is 0 Å². The molecule has 5 rings (SSSR count). The molecular weight excluding hydrogens is 278 g/mol. The molecule has 3 aromatic carbocycles. The predicted octanol–water partition coefficient (Wildman–Crippen LogP) is 5.24. The lowest BCUT2D eigenvalue weighted by atomic mass is 9.99. The Kier molecular flexibility index (Phi) is 2.68. The topological polar surface area (TPSA) is 3.24 Å². The van der Waals surface area contributed by atoms with Gasteiger partial charge >= 0.3 is 0 Å². The number of hydrogen-bond donors (Lipinski definition) is 0. The SMILES string of the molecule is C1=CN(C2c3ccccc3-c3ccccc32)Cc2ccccc21. The molecule has 1 nitrogen and oxygen atoms in total. The first-order valence-electron chi connectivity index (χ1n) is 8.12. The molecule has 0 saturated heterocycles. The van der Waals surface area contributed by atoms with E-state index in [-0.39, 0.29) is 0 Å². The van der Waals surface area contributed by atoms with Crippen LogP contribution in [0.4, 0.5) is 0 Å². The number of hydrogen-bond acceptors (Lipinski definition) is 1. The Balaban J connectivity index is 1.64. The standard InChI is InChI=1S/C22H17N/c1-2-8-17-15-23(14-13-16(17)7-1)22-20-11-5-3-9-18(20)19-10-4-6-12-21(19)22/h1-14,22H,15H2. The van der Waals surface area contributed by atoms with E-state index in [4.69, 9.17) is 0 Å². The molecule has 0 saturated carbocycles. The molecule has 0 aromatic heterocycles. The van der Waals surface area contributed by atoms with Gasteiger partial charge in [0.25, 0.3) is 0 Å². The molecule has 0 spiro atoms. The zero-order valence-corrected chi connectivity index (χ0v) is 12.8. The highest BCUT2D eigenvalue weighted by Crippen LogP contribution is 2.47. The Labute approximate surface area is 136 Å². The van der Waals surface area contributed by atoms with Crippen LogP contribution >= 0.6 is 0 Å². The summed E-state index contributed by atoms with van der Waals surface area (Å²) in [6, 6.07) is 26.6. The number of rotatable bonds is 1. The van der Waals surface area contributed by atoms with Gasteiger partial charge in [0.15, 0.2) is 0 Å².